The Hall–Kier alpha value is -1.59. The summed E-state index contributed by atoms with van der Waals surface area (Å²) >= 11 is 1.53. The molecule has 0 aliphatic carbocycles. The molecule has 1 amide bonds. The number of thiophene rings is 1. The van der Waals surface area contributed by atoms with Crippen LogP contribution in [0.5, 0.6) is 5.75 Å². The summed E-state index contributed by atoms with van der Waals surface area (Å²) in [7, 11) is 0. The van der Waals surface area contributed by atoms with Crippen LogP contribution in [0.3, 0.4) is 0 Å². The quantitative estimate of drug-likeness (QED) is 0.901. The Kier molecular flexibility index (Phi) is 4.24. The molecule has 4 heterocycles. The monoisotopic (exact) mass is 358 g/mol. The lowest BCUT2D eigenvalue weighted by Crippen LogP contribution is -2.69. The summed E-state index contributed by atoms with van der Waals surface area (Å²) in [5, 5.41) is 4.44. The van der Waals surface area contributed by atoms with Gasteiger partial charge in [-0.15, -0.1) is 11.3 Å². The summed E-state index contributed by atoms with van der Waals surface area (Å²) in [6.07, 6.45) is 2.38. The summed E-state index contributed by atoms with van der Waals surface area (Å²) in [5.74, 6) is 1.51. The van der Waals surface area contributed by atoms with Crippen LogP contribution in [0, 0.1) is 5.92 Å². The summed E-state index contributed by atoms with van der Waals surface area (Å²) in [4.78, 5) is 16.3. The van der Waals surface area contributed by atoms with Crippen molar-refractivity contribution in [3.63, 3.8) is 0 Å². The van der Waals surface area contributed by atoms with E-state index in [1.54, 1.807) is 0 Å². The molecule has 0 saturated carbocycles. The number of nitrogens with one attached hydrogen (secondary N) is 1. The zero-order valence-corrected chi connectivity index (χ0v) is 16.0. The lowest BCUT2D eigenvalue weighted by Gasteiger charge is -2.56. The maximum Gasteiger partial charge on any atom is 0.261 e. The van der Waals surface area contributed by atoms with Crippen molar-refractivity contribution in [2.75, 3.05) is 19.7 Å². The van der Waals surface area contributed by atoms with E-state index in [0.717, 1.165) is 33.8 Å². The van der Waals surface area contributed by atoms with Crippen molar-refractivity contribution in [3.8, 4) is 5.75 Å². The zero-order valence-electron chi connectivity index (χ0n) is 15.2. The van der Waals surface area contributed by atoms with Crippen LogP contribution >= 0.6 is 11.3 Å². The number of amides is 1. The number of hydrogen-bond donors (Lipinski definition) is 1. The molecule has 134 valence electrons. The van der Waals surface area contributed by atoms with Gasteiger partial charge < -0.3 is 10.1 Å². The van der Waals surface area contributed by atoms with Gasteiger partial charge in [0.1, 0.15) is 5.75 Å². The van der Waals surface area contributed by atoms with Gasteiger partial charge in [-0.3, -0.25) is 9.69 Å². The smallest absolute Gasteiger partial charge is 0.261 e. The summed E-state index contributed by atoms with van der Waals surface area (Å²) < 4.78 is 6.77. The number of rotatable bonds is 4. The molecule has 4 nitrogen and oxygen atoms in total. The number of piperidine rings is 3. The number of carbonyl (C=O) groups excluding carboxylic acids is 1. The minimum atomic E-state index is 0.0317. The normalized spacial score (nSPS) is 27.4. The van der Waals surface area contributed by atoms with Crippen LogP contribution in [0.4, 0.5) is 0 Å². The first kappa shape index (κ1) is 16.9. The largest absolute Gasteiger partial charge is 0.492 e. The van der Waals surface area contributed by atoms with Crippen LogP contribution in [0.2, 0.25) is 0 Å². The van der Waals surface area contributed by atoms with E-state index in [9.17, 15) is 4.79 Å². The fourth-order valence-electron chi connectivity index (χ4n) is 4.51. The molecule has 1 atom stereocenters. The van der Waals surface area contributed by atoms with Gasteiger partial charge in [0.05, 0.1) is 16.2 Å². The van der Waals surface area contributed by atoms with Gasteiger partial charge in [-0.2, -0.15) is 0 Å². The van der Waals surface area contributed by atoms with E-state index in [1.807, 2.05) is 31.2 Å². The fourth-order valence-corrected chi connectivity index (χ4v) is 5.54. The molecule has 3 aliphatic heterocycles. The van der Waals surface area contributed by atoms with Gasteiger partial charge in [0, 0.05) is 11.6 Å². The summed E-state index contributed by atoms with van der Waals surface area (Å²) in [6, 6.07) is 8.22. The van der Waals surface area contributed by atoms with Crippen LogP contribution in [0.25, 0.3) is 10.1 Å². The van der Waals surface area contributed by atoms with Crippen LogP contribution < -0.4 is 10.1 Å². The molecule has 0 radical (unpaired) electrons. The second-order valence-corrected chi connectivity index (χ2v) is 8.70. The minimum Gasteiger partial charge on any atom is -0.492 e. The molecule has 3 aliphatic rings. The number of ether oxygens (including phenoxy) is 1. The number of hydrogen-bond acceptors (Lipinski definition) is 4. The number of fused-ring (bicyclic) bond motifs is 4. The summed E-state index contributed by atoms with van der Waals surface area (Å²) in [6.45, 7) is 9.46. The molecule has 1 unspecified atom stereocenters. The second kappa shape index (κ2) is 6.29. The zero-order chi connectivity index (χ0) is 17.6. The molecule has 1 aromatic heterocycles. The first-order valence-electron chi connectivity index (χ1n) is 9.22. The highest BCUT2D eigenvalue weighted by Gasteiger charge is 2.48. The third-order valence-corrected chi connectivity index (χ3v) is 7.07. The average Bonchev–Trinajstić information content (AvgIpc) is 3.04. The van der Waals surface area contributed by atoms with Gasteiger partial charge in [-0.05, 0) is 70.1 Å². The highest BCUT2D eigenvalue weighted by molar-refractivity contribution is 7.21. The van der Waals surface area contributed by atoms with Crippen molar-refractivity contribution in [2.45, 2.75) is 45.2 Å². The van der Waals surface area contributed by atoms with E-state index in [1.165, 1.54) is 24.2 Å². The Morgan fingerprint density at radius 1 is 1.36 bits per heavy atom. The van der Waals surface area contributed by atoms with Crippen LogP contribution in [-0.4, -0.2) is 42.1 Å². The highest BCUT2D eigenvalue weighted by atomic mass is 32.1. The SMILES string of the molecule is CCOc1cccc2cc(C(=O)NC3C4CCN(CC4)C3(C)C)sc12. The van der Waals surface area contributed by atoms with Crippen molar-refractivity contribution in [1.82, 2.24) is 10.2 Å². The molecule has 2 aromatic rings. The Balaban J connectivity index is 1.59. The minimum absolute atomic E-state index is 0.0317. The van der Waals surface area contributed by atoms with Crippen molar-refractivity contribution in [1.29, 1.82) is 0 Å². The fraction of sp³-hybridized carbons (Fsp3) is 0.550. The van der Waals surface area contributed by atoms with Gasteiger partial charge in [0.2, 0.25) is 0 Å². The lowest BCUT2D eigenvalue weighted by atomic mass is 9.72. The number of benzene rings is 1. The van der Waals surface area contributed by atoms with E-state index >= 15 is 0 Å². The molecule has 0 spiro atoms. The molecular formula is C20H26N2O2S. The van der Waals surface area contributed by atoms with Gasteiger partial charge in [-0.25, -0.2) is 0 Å². The molecular weight excluding hydrogens is 332 g/mol. The maximum atomic E-state index is 13.0. The molecule has 5 rings (SSSR count). The van der Waals surface area contributed by atoms with E-state index in [2.05, 4.69) is 24.1 Å². The predicted molar refractivity (Wildman–Crippen MR) is 103 cm³/mol. The Morgan fingerprint density at radius 3 is 2.80 bits per heavy atom. The lowest BCUT2D eigenvalue weighted by molar-refractivity contribution is -0.0377. The Bertz CT molecular complexity index is 790. The third-order valence-electron chi connectivity index (χ3n) is 5.91. The van der Waals surface area contributed by atoms with Gasteiger partial charge in [-0.1, -0.05) is 12.1 Å². The number of carbonyl (C=O) groups is 1. The van der Waals surface area contributed by atoms with Crippen LogP contribution in [0.15, 0.2) is 24.3 Å². The van der Waals surface area contributed by atoms with E-state index in [4.69, 9.17) is 4.74 Å². The first-order valence-corrected chi connectivity index (χ1v) is 10.0. The first-order chi connectivity index (χ1) is 12.0. The highest BCUT2D eigenvalue weighted by Crippen LogP contribution is 2.39. The van der Waals surface area contributed by atoms with Crippen molar-refractivity contribution in [2.24, 2.45) is 5.92 Å². The Labute approximate surface area is 153 Å². The molecule has 2 bridgehead atoms. The van der Waals surface area contributed by atoms with Crippen molar-refractivity contribution >= 4 is 27.3 Å². The molecule has 1 N–H and O–H groups in total. The van der Waals surface area contributed by atoms with E-state index in [0.29, 0.717) is 12.5 Å². The Morgan fingerprint density at radius 2 is 2.12 bits per heavy atom. The molecule has 1 aromatic carbocycles. The molecule has 5 heteroatoms. The van der Waals surface area contributed by atoms with Crippen molar-refractivity contribution < 1.29 is 9.53 Å². The third kappa shape index (κ3) is 2.83. The molecule has 3 fully saturated rings. The van der Waals surface area contributed by atoms with Gasteiger partial charge in [0.15, 0.2) is 0 Å². The average molecular weight is 359 g/mol. The summed E-state index contributed by atoms with van der Waals surface area (Å²) in [5.41, 5.74) is 0.0317. The van der Waals surface area contributed by atoms with Gasteiger partial charge >= 0.3 is 0 Å². The van der Waals surface area contributed by atoms with Crippen LogP contribution in [-0.2, 0) is 0 Å². The van der Waals surface area contributed by atoms with Crippen LogP contribution in [0.1, 0.15) is 43.3 Å². The standard InChI is InChI=1S/C20H26N2O2S/c1-4-24-15-7-5-6-14-12-16(25-17(14)15)19(23)21-18-13-8-10-22(11-9-13)20(18,2)3/h5-7,12-13,18H,4,8-11H2,1-3H3,(H,21,23). The maximum absolute atomic E-state index is 13.0. The topological polar surface area (TPSA) is 41.6 Å². The predicted octanol–water partition coefficient (Wildman–Crippen LogP) is 3.90. The van der Waals surface area contributed by atoms with Crippen molar-refractivity contribution in [3.05, 3.63) is 29.1 Å². The molecule has 3 saturated heterocycles. The second-order valence-electron chi connectivity index (χ2n) is 7.65. The number of nitrogens with zero attached hydrogens (tertiary/aromatic N) is 1. The molecule has 25 heavy (non-hydrogen) atoms. The van der Waals surface area contributed by atoms with E-state index < -0.39 is 0 Å². The van der Waals surface area contributed by atoms with Gasteiger partial charge in [0.25, 0.3) is 5.91 Å². The van der Waals surface area contributed by atoms with E-state index in [-0.39, 0.29) is 17.5 Å².